The van der Waals surface area contributed by atoms with Crippen LogP contribution in [0, 0.1) is 11.3 Å². The van der Waals surface area contributed by atoms with Crippen molar-refractivity contribution >= 4 is 27.6 Å². The van der Waals surface area contributed by atoms with E-state index in [9.17, 15) is 13.2 Å². The molecule has 0 aliphatic heterocycles. The smallest absolute Gasteiger partial charge is 0.304 e. The van der Waals surface area contributed by atoms with Gasteiger partial charge in [-0.1, -0.05) is 11.6 Å². The quantitative estimate of drug-likeness (QED) is 0.839. The number of hydrogen-bond acceptors (Lipinski definition) is 4. The van der Waals surface area contributed by atoms with Crippen molar-refractivity contribution in [3.8, 4) is 6.07 Å². The van der Waals surface area contributed by atoms with Gasteiger partial charge in [0.1, 0.15) is 6.07 Å². The van der Waals surface area contributed by atoms with E-state index in [1.165, 1.54) is 12.1 Å². The minimum atomic E-state index is -3.81. The van der Waals surface area contributed by atoms with Crippen LogP contribution in [0.1, 0.15) is 12.0 Å². The van der Waals surface area contributed by atoms with Crippen molar-refractivity contribution in [1.29, 1.82) is 5.26 Å². The Morgan fingerprint density at radius 1 is 1.50 bits per heavy atom. The monoisotopic (exact) mass is 288 g/mol. The van der Waals surface area contributed by atoms with Gasteiger partial charge in [-0.25, -0.2) is 13.1 Å². The second kappa shape index (κ2) is 5.82. The molecule has 18 heavy (non-hydrogen) atoms. The fraction of sp³-hybridized carbons (Fsp3) is 0.200. The zero-order valence-electron chi connectivity index (χ0n) is 9.05. The van der Waals surface area contributed by atoms with Crippen LogP contribution in [0.15, 0.2) is 23.1 Å². The Bertz CT molecular complexity index is 607. The number of sulfonamides is 1. The van der Waals surface area contributed by atoms with Crippen molar-refractivity contribution < 1.29 is 18.3 Å². The average molecular weight is 289 g/mol. The summed E-state index contributed by atoms with van der Waals surface area (Å²) in [6.07, 6.45) is -0.316. The number of nitrogens with zero attached hydrogens (tertiary/aromatic N) is 1. The Kier molecular flexibility index (Phi) is 4.67. The first-order chi connectivity index (χ1) is 8.36. The lowest BCUT2D eigenvalue weighted by atomic mass is 10.2. The number of nitriles is 1. The Morgan fingerprint density at radius 3 is 2.67 bits per heavy atom. The highest BCUT2D eigenvalue weighted by Gasteiger charge is 2.15. The highest BCUT2D eigenvalue weighted by Crippen LogP contribution is 2.19. The van der Waals surface area contributed by atoms with Crippen molar-refractivity contribution in [2.75, 3.05) is 6.54 Å². The van der Waals surface area contributed by atoms with E-state index < -0.39 is 16.0 Å². The first-order valence-corrected chi connectivity index (χ1v) is 6.64. The van der Waals surface area contributed by atoms with Crippen LogP contribution >= 0.6 is 11.6 Å². The molecule has 0 spiro atoms. The van der Waals surface area contributed by atoms with E-state index in [2.05, 4.69) is 4.72 Å². The molecule has 0 aliphatic rings. The second-order valence-electron chi connectivity index (χ2n) is 3.29. The highest BCUT2D eigenvalue weighted by molar-refractivity contribution is 7.89. The van der Waals surface area contributed by atoms with Gasteiger partial charge in [-0.2, -0.15) is 5.26 Å². The van der Waals surface area contributed by atoms with Gasteiger partial charge in [-0.05, 0) is 18.2 Å². The van der Waals surface area contributed by atoms with Gasteiger partial charge in [0.15, 0.2) is 0 Å². The van der Waals surface area contributed by atoms with Gasteiger partial charge >= 0.3 is 5.97 Å². The molecule has 0 aromatic heterocycles. The fourth-order valence-corrected chi connectivity index (χ4v) is 2.47. The van der Waals surface area contributed by atoms with Gasteiger partial charge in [-0.15, -0.1) is 0 Å². The number of aliphatic carboxylic acids is 1. The standard InChI is InChI=1S/C10H9ClN2O4S/c11-9-5-8(2-1-7(9)6-12)18(16,17)13-4-3-10(14)15/h1-2,5,13H,3-4H2,(H,14,15). The summed E-state index contributed by atoms with van der Waals surface area (Å²) in [5.74, 6) is -1.10. The topological polar surface area (TPSA) is 107 Å². The molecule has 1 aromatic carbocycles. The number of nitrogens with one attached hydrogen (secondary N) is 1. The lowest BCUT2D eigenvalue weighted by Gasteiger charge is -2.06. The molecule has 0 aliphatic carbocycles. The maximum absolute atomic E-state index is 11.7. The van der Waals surface area contributed by atoms with Crippen molar-refractivity contribution in [2.24, 2.45) is 0 Å². The molecule has 0 atom stereocenters. The van der Waals surface area contributed by atoms with Crippen molar-refractivity contribution in [3.05, 3.63) is 28.8 Å². The Hall–Kier alpha value is -1.62. The van der Waals surface area contributed by atoms with E-state index >= 15 is 0 Å². The highest BCUT2D eigenvalue weighted by atomic mass is 35.5. The van der Waals surface area contributed by atoms with Crippen LogP contribution in [-0.4, -0.2) is 26.0 Å². The zero-order chi connectivity index (χ0) is 13.8. The Labute approximate surface area is 109 Å². The maximum Gasteiger partial charge on any atom is 0.304 e. The van der Waals surface area contributed by atoms with Crippen LogP contribution in [-0.2, 0) is 14.8 Å². The minimum Gasteiger partial charge on any atom is -0.481 e. The van der Waals surface area contributed by atoms with E-state index in [4.69, 9.17) is 22.0 Å². The SMILES string of the molecule is N#Cc1ccc(S(=O)(=O)NCCC(=O)O)cc1Cl. The van der Waals surface area contributed by atoms with Gasteiger partial charge in [0.05, 0.1) is 21.9 Å². The van der Waals surface area contributed by atoms with E-state index in [0.717, 1.165) is 6.07 Å². The van der Waals surface area contributed by atoms with Crippen LogP contribution in [0.25, 0.3) is 0 Å². The van der Waals surface area contributed by atoms with Crippen LogP contribution in [0.2, 0.25) is 5.02 Å². The lowest BCUT2D eigenvalue weighted by molar-refractivity contribution is -0.136. The molecule has 0 radical (unpaired) electrons. The Morgan fingerprint density at radius 2 is 2.17 bits per heavy atom. The molecule has 0 saturated carbocycles. The summed E-state index contributed by atoms with van der Waals surface area (Å²) in [7, 11) is -3.81. The second-order valence-corrected chi connectivity index (χ2v) is 5.47. The Balaban J connectivity index is 2.89. The number of carboxylic acids is 1. The number of carbonyl (C=O) groups is 1. The normalized spacial score (nSPS) is 10.9. The number of benzene rings is 1. The summed E-state index contributed by atoms with van der Waals surface area (Å²) in [5, 5.41) is 17.1. The van der Waals surface area contributed by atoms with Crippen molar-refractivity contribution in [1.82, 2.24) is 4.72 Å². The van der Waals surface area contributed by atoms with Crippen molar-refractivity contribution in [2.45, 2.75) is 11.3 Å². The summed E-state index contributed by atoms with van der Waals surface area (Å²) >= 11 is 5.71. The van der Waals surface area contributed by atoms with Crippen LogP contribution in [0.4, 0.5) is 0 Å². The molecule has 0 saturated heterocycles. The van der Waals surface area contributed by atoms with E-state index in [0.29, 0.717) is 0 Å². The molecule has 2 N–H and O–H groups in total. The molecule has 0 amide bonds. The van der Waals surface area contributed by atoms with Gasteiger partial charge < -0.3 is 5.11 Å². The van der Waals surface area contributed by atoms with Crippen LogP contribution in [0.3, 0.4) is 0 Å². The molecule has 1 rings (SSSR count). The molecule has 8 heteroatoms. The summed E-state index contributed by atoms with van der Waals surface area (Å²) in [6, 6.07) is 5.46. The third-order valence-corrected chi connectivity index (χ3v) is 3.77. The molecular formula is C10H9ClN2O4S. The van der Waals surface area contributed by atoms with Crippen LogP contribution in [0.5, 0.6) is 0 Å². The van der Waals surface area contributed by atoms with E-state index in [1.807, 2.05) is 6.07 Å². The van der Waals surface area contributed by atoms with Crippen molar-refractivity contribution in [3.63, 3.8) is 0 Å². The molecule has 0 fully saturated rings. The third-order valence-electron chi connectivity index (χ3n) is 2.00. The van der Waals surface area contributed by atoms with Gasteiger partial charge in [0, 0.05) is 6.54 Å². The molecule has 6 nitrogen and oxygen atoms in total. The molecule has 96 valence electrons. The van der Waals surface area contributed by atoms with E-state index in [1.54, 1.807) is 0 Å². The minimum absolute atomic E-state index is 0.0265. The average Bonchev–Trinajstić information content (AvgIpc) is 2.28. The summed E-state index contributed by atoms with van der Waals surface area (Å²) in [5.41, 5.74) is 0.168. The number of hydrogen-bond donors (Lipinski definition) is 2. The number of carboxylic acid groups (broad SMARTS) is 1. The van der Waals surface area contributed by atoms with E-state index in [-0.39, 0.29) is 28.4 Å². The van der Waals surface area contributed by atoms with Gasteiger partial charge in [0.2, 0.25) is 10.0 Å². The third kappa shape index (κ3) is 3.70. The first-order valence-electron chi connectivity index (χ1n) is 4.78. The predicted molar refractivity (Wildman–Crippen MR) is 63.6 cm³/mol. The summed E-state index contributed by atoms with van der Waals surface area (Å²) in [6.45, 7) is -0.213. The molecule has 0 bridgehead atoms. The largest absolute Gasteiger partial charge is 0.481 e. The number of rotatable bonds is 5. The van der Waals surface area contributed by atoms with Crippen LogP contribution < -0.4 is 4.72 Å². The summed E-state index contributed by atoms with van der Waals surface area (Å²) < 4.78 is 25.6. The number of halogens is 1. The maximum atomic E-state index is 11.7. The summed E-state index contributed by atoms with van der Waals surface area (Å²) in [4.78, 5) is 10.2. The van der Waals surface area contributed by atoms with Gasteiger partial charge in [-0.3, -0.25) is 4.79 Å². The molecule has 1 aromatic rings. The lowest BCUT2D eigenvalue weighted by Crippen LogP contribution is -2.26. The first kappa shape index (κ1) is 14.4. The molecule has 0 unspecified atom stereocenters. The van der Waals surface area contributed by atoms with Gasteiger partial charge in [0.25, 0.3) is 0 Å². The predicted octanol–water partition coefficient (Wildman–Crippen LogP) is 0.965. The zero-order valence-corrected chi connectivity index (χ0v) is 10.6. The molecule has 0 heterocycles. The fourth-order valence-electron chi connectivity index (χ4n) is 1.13. The molecular weight excluding hydrogens is 280 g/mol.